The minimum absolute atomic E-state index is 0.173. The topological polar surface area (TPSA) is 33.0 Å². The Hall–Kier alpha value is -0.200. The summed E-state index contributed by atoms with van der Waals surface area (Å²) in [4.78, 5) is 0. The van der Waals surface area contributed by atoms with Crippen LogP contribution >= 0.6 is 11.8 Å². The Morgan fingerprint density at radius 2 is 2.36 bits per heavy atom. The number of hydrogen-bond donors (Lipinski definition) is 0. The quantitative estimate of drug-likeness (QED) is 0.576. The minimum atomic E-state index is 0.173. The van der Waals surface area contributed by atoms with Gasteiger partial charge < -0.3 is 4.74 Å². The highest BCUT2D eigenvalue weighted by Gasteiger charge is 2.02. The van der Waals surface area contributed by atoms with Crippen molar-refractivity contribution in [2.24, 2.45) is 0 Å². The molecule has 3 heteroatoms. The average molecular weight is 173 g/mol. The van der Waals surface area contributed by atoms with E-state index in [-0.39, 0.29) is 5.25 Å². The Bertz CT molecular complexity index is 122. The van der Waals surface area contributed by atoms with Crippen LogP contribution < -0.4 is 0 Å². The van der Waals surface area contributed by atoms with Crippen LogP contribution in [-0.2, 0) is 4.74 Å². The molecule has 0 radical (unpaired) electrons. The third-order valence-corrected chi connectivity index (χ3v) is 2.69. The molecular formula is C8H15NOS. The highest BCUT2D eigenvalue weighted by molar-refractivity contribution is 8.00. The van der Waals surface area contributed by atoms with Crippen molar-refractivity contribution in [2.45, 2.75) is 25.0 Å². The normalized spacial score (nSPS) is 12.5. The van der Waals surface area contributed by atoms with E-state index in [0.717, 1.165) is 25.2 Å². The van der Waals surface area contributed by atoms with E-state index in [0.29, 0.717) is 0 Å². The van der Waals surface area contributed by atoms with Crippen LogP contribution in [0.5, 0.6) is 0 Å². The molecule has 0 heterocycles. The van der Waals surface area contributed by atoms with Crippen LogP contribution in [0.2, 0.25) is 0 Å². The van der Waals surface area contributed by atoms with Crippen molar-refractivity contribution in [3.8, 4) is 6.07 Å². The number of thioether (sulfide) groups is 1. The Balaban J connectivity index is 3.16. The molecular weight excluding hydrogens is 158 g/mol. The number of hydrogen-bond acceptors (Lipinski definition) is 3. The lowest BCUT2D eigenvalue weighted by Gasteiger charge is -2.04. The number of nitriles is 1. The van der Waals surface area contributed by atoms with E-state index in [1.165, 1.54) is 0 Å². The number of ether oxygens (including phenoxy) is 1. The van der Waals surface area contributed by atoms with Gasteiger partial charge in [-0.2, -0.15) is 5.26 Å². The van der Waals surface area contributed by atoms with Crippen molar-refractivity contribution in [1.29, 1.82) is 5.26 Å². The zero-order chi connectivity index (χ0) is 8.53. The van der Waals surface area contributed by atoms with Gasteiger partial charge >= 0.3 is 0 Å². The molecule has 1 atom stereocenters. The average Bonchev–Trinajstić information content (AvgIpc) is 2.05. The second-order valence-electron chi connectivity index (χ2n) is 2.24. The van der Waals surface area contributed by atoms with Gasteiger partial charge in [0.15, 0.2) is 0 Å². The van der Waals surface area contributed by atoms with Crippen molar-refractivity contribution < 1.29 is 4.74 Å². The largest absolute Gasteiger partial charge is 0.385 e. The van der Waals surface area contributed by atoms with Gasteiger partial charge in [-0.15, -0.1) is 11.8 Å². The van der Waals surface area contributed by atoms with Crippen molar-refractivity contribution in [1.82, 2.24) is 0 Å². The first kappa shape index (κ1) is 10.8. The van der Waals surface area contributed by atoms with Crippen molar-refractivity contribution >= 4 is 11.8 Å². The summed E-state index contributed by atoms with van der Waals surface area (Å²) in [5.74, 6) is 1.03. The molecule has 0 bridgehead atoms. The van der Waals surface area contributed by atoms with Crippen LogP contribution in [0, 0.1) is 11.3 Å². The van der Waals surface area contributed by atoms with Crippen LogP contribution in [-0.4, -0.2) is 24.7 Å². The molecule has 2 nitrogen and oxygen atoms in total. The SMILES string of the molecule is CCC(C#N)SCCCOC. The van der Waals surface area contributed by atoms with Crippen LogP contribution in [0.1, 0.15) is 19.8 Å². The minimum Gasteiger partial charge on any atom is -0.385 e. The smallest absolute Gasteiger partial charge is 0.0914 e. The standard InChI is InChI=1S/C8H15NOS/c1-3-8(7-9)11-6-4-5-10-2/h8H,3-6H2,1-2H3. The fourth-order valence-electron chi connectivity index (χ4n) is 0.675. The highest BCUT2D eigenvalue weighted by Crippen LogP contribution is 2.13. The van der Waals surface area contributed by atoms with Gasteiger partial charge in [-0.3, -0.25) is 0 Å². The molecule has 0 aromatic rings. The molecule has 0 spiro atoms. The van der Waals surface area contributed by atoms with Gasteiger partial charge in [0, 0.05) is 13.7 Å². The summed E-state index contributed by atoms with van der Waals surface area (Å²) in [7, 11) is 1.70. The molecule has 0 aromatic heterocycles. The lowest BCUT2D eigenvalue weighted by atomic mass is 10.4. The monoisotopic (exact) mass is 173 g/mol. The molecule has 64 valence electrons. The molecule has 0 amide bonds. The van der Waals surface area contributed by atoms with Gasteiger partial charge in [0.2, 0.25) is 0 Å². The van der Waals surface area contributed by atoms with Gasteiger partial charge in [-0.1, -0.05) is 6.92 Å². The van der Waals surface area contributed by atoms with Crippen molar-refractivity contribution in [2.75, 3.05) is 19.5 Å². The molecule has 0 N–H and O–H groups in total. The molecule has 0 rings (SSSR count). The Morgan fingerprint density at radius 3 is 2.82 bits per heavy atom. The second kappa shape index (κ2) is 7.90. The fraction of sp³-hybridized carbons (Fsp3) is 0.875. The maximum Gasteiger partial charge on any atom is 0.0914 e. The lowest BCUT2D eigenvalue weighted by molar-refractivity contribution is 0.200. The summed E-state index contributed by atoms with van der Waals surface area (Å²) in [5, 5.41) is 8.75. The van der Waals surface area contributed by atoms with Gasteiger partial charge in [-0.05, 0) is 18.6 Å². The predicted molar refractivity (Wildman–Crippen MR) is 48.6 cm³/mol. The molecule has 11 heavy (non-hydrogen) atoms. The van der Waals surface area contributed by atoms with Crippen LogP contribution in [0.4, 0.5) is 0 Å². The van der Waals surface area contributed by atoms with Gasteiger partial charge in [-0.25, -0.2) is 0 Å². The first-order valence-electron chi connectivity index (χ1n) is 3.85. The zero-order valence-corrected chi connectivity index (χ0v) is 7.99. The van der Waals surface area contributed by atoms with Crippen LogP contribution in [0.25, 0.3) is 0 Å². The molecule has 0 aliphatic carbocycles. The Morgan fingerprint density at radius 1 is 1.64 bits per heavy atom. The summed E-state index contributed by atoms with van der Waals surface area (Å²) in [6.45, 7) is 2.84. The van der Waals surface area contributed by atoms with E-state index >= 15 is 0 Å². The van der Waals surface area contributed by atoms with E-state index in [1.807, 2.05) is 6.92 Å². The predicted octanol–water partition coefficient (Wildman–Crippen LogP) is 2.06. The van der Waals surface area contributed by atoms with E-state index in [4.69, 9.17) is 10.00 Å². The van der Waals surface area contributed by atoms with Crippen LogP contribution in [0.3, 0.4) is 0 Å². The third-order valence-electron chi connectivity index (χ3n) is 1.33. The first-order chi connectivity index (χ1) is 5.35. The maximum atomic E-state index is 8.58. The summed E-state index contributed by atoms with van der Waals surface area (Å²) < 4.78 is 4.89. The fourth-order valence-corrected chi connectivity index (χ4v) is 1.55. The number of methoxy groups -OCH3 is 1. The van der Waals surface area contributed by atoms with E-state index < -0.39 is 0 Å². The van der Waals surface area contributed by atoms with Crippen molar-refractivity contribution in [3.63, 3.8) is 0 Å². The highest BCUT2D eigenvalue weighted by atomic mass is 32.2. The van der Waals surface area contributed by atoms with Gasteiger partial charge in [0.25, 0.3) is 0 Å². The van der Waals surface area contributed by atoms with E-state index in [2.05, 4.69) is 6.07 Å². The van der Waals surface area contributed by atoms with Gasteiger partial charge in [0.1, 0.15) is 0 Å². The third kappa shape index (κ3) is 6.21. The maximum absolute atomic E-state index is 8.58. The lowest BCUT2D eigenvalue weighted by Crippen LogP contribution is -1.99. The molecule has 0 saturated carbocycles. The van der Waals surface area contributed by atoms with E-state index in [9.17, 15) is 0 Å². The van der Waals surface area contributed by atoms with Gasteiger partial charge in [0.05, 0.1) is 11.3 Å². The molecule has 0 aliphatic rings. The Labute approximate surface area is 72.9 Å². The number of nitrogens with zero attached hydrogens (tertiary/aromatic N) is 1. The molecule has 0 fully saturated rings. The first-order valence-corrected chi connectivity index (χ1v) is 4.90. The molecule has 0 saturated heterocycles. The Kier molecular flexibility index (Phi) is 7.76. The van der Waals surface area contributed by atoms with Crippen LogP contribution in [0.15, 0.2) is 0 Å². The molecule has 0 aromatic carbocycles. The summed E-state index contributed by atoms with van der Waals surface area (Å²) in [6.07, 6.45) is 1.98. The summed E-state index contributed by atoms with van der Waals surface area (Å²) in [5.41, 5.74) is 0. The second-order valence-corrected chi connectivity index (χ2v) is 3.55. The van der Waals surface area contributed by atoms with Crippen molar-refractivity contribution in [3.05, 3.63) is 0 Å². The molecule has 1 unspecified atom stereocenters. The number of rotatable bonds is 6. The summed E-state index contributed by atoms with van der Waals surface area (Å²) >= 11 is 1.72. The summed E-state index contributed by atoms with van der Waals surface area (Å²) in [6, 6.07) is 2.25. The molecule has 0 aliphatic heterocycles. The van der Waals surface area contributed by atoms with E-state index in [1.54, 1.807) is 18.9 Å². The zero-order valence-electron chi connectivity index (χ0n) is 7.17.